The van der Waals surface area contributed by atoms with Gasteiger partial charge in [-0.15, -0.1) is 0 Å². The number of hydrogen-bond acceptors (Lipinski definition) is 4. The number of amides is 1. The average molecular weight is 349 g/mol. The summed E-state index contributed by atoms with van der Waals surface area (Å²) in [6.07, 6.45) is 1.91. The van der Waals surface area contributed by atoms with E-state index in [9.17, 15) is 9.59 Å². The monoisotopic (exact) mass is 349 g/mol. The quantitative estimate of drug-likeness (QED) is 0.679. The molecule has 5 nitrogen and oxygen atoms in total. The summed E-state index contributed by atoms with van der Waals surface area (Å²) in [5, 5.41) is 0.807. The van der Waals surface area contributed by atoms with Crippen LogP contribution in [0.1, 0.15) is 18.9 Å². The molecule has 1 aliphatic heterocycles. The highest BCUT2D eigenvalue weighted by atomic mass is 16.5. The zero-order valence-corrected chi connectivity index (χ0v) is 14.5. The number of benzene rings is 2. The molecule has 1 aromatic heterocycles. The molecule has 0 fully saturated rings. The van der Waals surface area contributed by atoms with Gasteiger partial charge in [0.25, 0.3) is 5.91 Å². The standard InChI is InChI=1S/C21H19NO4/c1-14-6-7-15-4-2-3-5-18(15)22(14)20(23)13-25-17-10-8-16-9-11-21(24)26-19(16)12-17/h2-5,8-12,14H,6-7,13H2,1H3. The molecule has 0 saturated heterocycles. The minimum absolute atomic E-state index is 0.0682. The zero-order valence-electron chi connectivity index (χ0n) is 14.5. The van der Waals surface area contributed by atoms with Crippen LogP contribution in [0.2, 0.25) is 0 Å². The molecule has 2 aromatic carbocycles. The normalized spacial score (nSPS) is 16.3. The fourth-order valence-corrected chi connectivity index (χ4v) is 3.41. The maximum absolute atomic E-state index is 12.8. The molecular formula is C21H19NO4. The molecule has 26 heavy (non-hydrogen) atoms. The molecule has 0 radical (unpaired) electrons. The topological polar surface area (TPSA) is 59.8 Å². The Balaban J connectivity index is 1.53. The van der Waals surface area contributed by atoms with Crippen LogP contribution in [-0.2, 0) is 11.2 Å². The van der Waals surface area contributed by atoms with Gasteiger partial charge in [0, 0.05) is 29.2 Å². The van der Waals surface area contributed by atoms with Crippen molar-refractivity contribution in [3.8, 4) is 5.75 Å². The number of para-hydroxylation sites is 1. The van der Waals surface area contributed by atoms with Crippen molar-refractivity contribution in [3.63, 3.8) is 0 Å². The third-order valence-electron chi connectivity index (χ3n) is 4.75. The van der Waals surface area contributed by atoms with Crippen molar-refractivity contribution >= 4 is 22.6 Å². The summed E-state index contributed by atoms with van der Waals surface area (Å²) in [6.45, 7) is 1.99. The minimum Gasteiger partial charge on any atom is -0.484 e. The van der Waals surface area contributed by atoms with E-state index in [-0.39, 0.29) is 18.6 Å². The minimum atomic E-state index is -0.413. The summed E-state index contributed by atoms with van der Waals surface area (Å²) in [7, 11) is 0. The van der Waals surface area contributed by atoms with Gasteiger partial charge in [-0.1, -0.05) is 18.2 Å². The molecule has 3 aromatic rings. The summed E-state index contributed by atoms with van der Waals surface area (Å²) in [5.74, 6) is 0.414. The summed E-state index contributed by atoms with van der Waals surface area (Å²) in [6, 6.07) is 16.4. The lowest BCUT2D eigenvalue weighted by molar-refractivity contribution is -0.121. The van der Waals surface area contributed by atoms with Crippen molar-refractivity contribution < 1.29 is 13.9 Å². The molecule has 1 unspecified atom stereocenters. The van der Waals surface area contributed by atoms with E-state index in [4.69, 9.17) is 9.15 Å². The largest absolute Gasteiger partial charge is 0.484 e. The van der Waals surface area contributed by atoms with E-state index in [0.717, 1.165) is 23.9 Å². The van der Waals surface area contributed by atoms with Gasteiger partial charge in [-0.05, 0) is 49.6 Å². The average Bonchev–Trinajstić information content (AvgIpc) is 2.65. The second-order valence-electron chi connectivity index (χ2n) is 6.52. The van der Waals surface area contributed by atoms with Crippen LogP contribution in [0.3, 0.4) is 0 Å². The van der Waals surface area contributed by atoms with Gasteiger partial charge in [0.05, 0.1) is 0 Å². The number of nitrogens with zero attached hydrogens (tertiary/aromatic N) is 1. The molecule has 2 heterocycles. The summed E-state index contributed by atoms with van der Waals surface area (Å²) in [5.41, 5.74) is 2.18. The second kappa shape index (κ2) is 6.67. The number of aryl methyl sites for hydroxylation is 1. The molecule has 1 amide bonds. The highest BCUT2D eigenvalue weighted by molar-refractivity contribution is 5.96. The Kier molecular flexibility index (Phi) is 4.21. The predicted octanol–water partition coefficient (Wildman–Crippen LogP) is 3.54. The predicted molar refractivity (Wildman–Crippen MR) is 99.7 cm³/mol. The first-order valence-electron chi connectivity index (χ1n) is 8.68. The van der Waals surface area contributed by atoms with Crippen LogP contribution < -0.4 is 15.3 Å². The fraction of sp³-hybridized carbons (Fsp3) is 0.238. The first-order chi connectivity index (χ1) is 12.6. The van der Waals surface area contributed by atoms with Gasteiger partial charge in [-0.2, -0.15) is 0 Å². The highest BCUT2D eigenvalue weighted by Gasteiger charge is 2.28. The molecule has 0 N–H and O–H groups in total. The van der Waals surface area contributed by atoms with Crippen LogP contribution >= 0.6 is 0 Å². The molecule has 0 bridgehead atoms. The third kappa shape index (κ3) is 3.08. The van der Waals surface area contributed by atoms with Crippen LogP contribution in [0, 0.1) is 0 Å². The number of ether oxygens (including phenoxy) is 1. The van der Waals surface area contributed by atoms with Gasteiger partial charge in [0.2, 0.25) is 0 Å². The maximum Gasteiger partial charge on any atom is 0.336 e. The van der Waals surface area contributed by atoms with Crippen molar-refractivity contribution in [2.45, 2.75) is 25.8 Å². The molecule has 1 aliphatic rings. The fourth-order valence-electron chi connectivity index (χ4n) is 3.41. The Morgan fingerprint density at radius 1 is 1.19 bits per heavy atom. The lowest BCUT2D eigenvalue weighted by Crippen LogP contribution is -2.44. The molecular weight excluding hydrogens is 330 g/mol. The van der Waals surface area contributed by atoms with Gasteiger partial charge in [-0.3, -0.25) is 4.79 Å². The van der Waals surface area contributed by atoms with E-state index in [1.165, 1.54) is 11.6 Å². The SMILES string of the molecule is CC1CCc2ccccc2N1C(=O)COc1ccc2ccc(=O)oc2c1. The number of anilines is 1. The molecule has 0 aliphatic carbocycles. The van der Waals surface area contributed by atoms with E-state index in [0.29, 0.717) is 11.3 Å². The number of carbonyl (C=O) groups excluding carboxylic acids is 1. The Morgan fingerprint density at radius 3 is 2.88 bits per heavy atom. The van der Waals surface area contributed by atoms with E-state index < -0.39 is 5.63 Å². The van der Waals surface area contributed by atoms with Gasteiger partial charge >= 0.3 is 5.63 Å². The lowest BCUT2D eigenvalue weighted by atomic mass is 9.96. The first kappa shape index (κ1) is 16.4. The van der Waals surface area contributed by atoms with Crippen molar-refractivity contribution in [1.82, 2.24) is 0 Å². The number of carbonyl (C=O) groups is 1. The van der Waals surface area contributed by atoms with Crippen LogP contribution in [0.25, 0.3) is 11.0 Å². The Bertz CT molecular complexity index is 1020. The van der Waals surface area contributed by atoms with E-state index in [1.54, 1.807) is 24.3 Å². The summed E-state index contributed by atoms with van der Waals surface area (Å²) in [4.78, 5) is 26.0. The highest BCUT2D eigenvalue weighted by Crippen LogP contribution is 2.30. The summed E-state index contributed by atoms with van der Waals surface area (Å²) >= 11 is 0. The van der Waals surface area contributed by atoms with E-state index in [2.05, 4.69) is 13.0 Å². The Hall–Kier alpha value is -3.08. The van der Waals surface area contributed by atoms with E-state index in [1.807, 2.05) is 23.1 Å². The van der Waals surface area contributed by atoms with Crippen LogP contribution in [-0.4, -0.2) is 18.6 Å². The smallest absolute Gasteiger partial charge is 0.336 e. The number of rotatable bonds is 3. The van der Waals surface area contributed by atoms with Crippen molar-refractivity contribution in [3.05, 3.63) is 70.6 Å². The van der Waals surface area contributed by atoms with Gasteiger partial charge in [0.15, 0.2) is 6.61 Å². The van der Waals surface area contributed by atoms with Crippen LogP contribution in [0.5, 0.6) is 5.75 Å². The van der Waals surface area contributed by atoms with Crippen molar-refractivity contribution in [1.29, 1.82) is 0 Å². The Morgan fingerprint density at radius 2 is 2.00 bits per heavy atom. The molecule has 4 rings (SSSR count). The lowest BCUT2D eigenvalue weighted by Gasteiger charge is -2.35. The van der Waals surface area contributed by atoms with Crippen LogP contribution in [0.4, 0.5) is 5.69 Å². The number of fused-ring (bicyclic) bond motifs is 2. The van der Waals surface area contributed by atoms with Gasteiger partial charge in [-0.25, -0.2) is 4.79 Å². The third-order valence-corrected chi connectivity index (χ3v) is 4.75. The van der Waals surface area contributed by atoms with Crippen LogP contribution in [0.15, 0.2) is 63.8 Å². The summed E-state index contributed by atoms with van der Waals surface area (Å²) < 4.78 is 10.8. The van der Waals surface area contributed by atoms with Crippen molar-refractivity contribution in [2.24, 2.45) is 0 Å². The van der Waals surface area contributed by atoms with Gasteiger partial charge < -0.3 is 14.1 Å². The van der Waals surface area contributed by atoms with Crippen molar-refractivity contribution in [2.75, 3.05) is 11.5 Å². The van der Waals surface area contributed by atoms with Gasteiger partial charge in [0.1, 0.15) is 11.3 Å². The first-order valence-corrected chi connectivity index (χ1v) is 8.68. The molecule has 132 valence electrons. The zero-order chi connectivity index (χ0) is 18.1. The second-order valence-corrected chi connectivity index (χ2v) is 6.52. The van der Waals surface area contributed by atoms with E-state index >= 15 is 0 Å². The molecule has 1 atom stereocenters. The maximum atomic E-state index is 12.8. The molecule has 0 spiro atoms. The molecule has 0 saturated carbocycles. The molecule has 5 heteroatoms. The Labute approximate surface area is 150 Å². The number of hydrogen-bond donors (Lipinski definition) is 0.